The molecular weight excluding hydrogens is 347 g/mol. The number of nitrogens with zero attached hydrogens (tertiary/aromatic N) is 1. The fourth-order valence-electron chi connectivity index (χ4n) is 2.45. The zero-order valence-electron chi connectivity index (χ0n) is 12.4. The first-order chi connectivity index (χ1) is 11.3. The van der Waals surface area contributed by atoms with Gasteiger partial charge in [-0.2, -0.15) is 0 Å². The average molecular weight is 357 g/mol. The van der Waals surface area contributed by atoms with Crippen LogP contribution in [-0.2, 0) is 4.74 Å². The largest absolute Gasteiger partial charge is 0.493 e. The van der Waals surface area contributed by atoms with Crippen LogP contribution in [0.25, 0.3) is 15.7 Å². The summed E-state index contributed by atoms with van der Waals surface area (Å²) in [7, 11) is 0. The number of aromatic hydroxyl groups is 1. The van der Waals surface area contributed by atoms with Crippen LogP contribution in [0.3, 0.4) is 0 Å². The fourth-order valence-corrected chi connectivity index (χ4v) is 3.47. The number of thiazole rings is 1. The van der Waals surface area contributed by atoms with Crippen molar-refractivity contribution in [2.24, 2.45) is 0 Å². The predicted molar refractivity (Wildman–Crippen MR) is 81.3 cm³/mol. The molecule has 0 radical (unpaired) electrons. The second-order valence-electron chi connectivity index (χ2n) is 4.93. The number of aromatic nitrogens is 1. The first-order valence-corrected chi connectivity index (χ1v) is 7.62. The van der Waals surface area contributed by atoms with E-state index in [0.717, 1.165) is 15.7 Å². The molecule has 1 aromatic carbocycles. The van der Waals surface area contributed by atoms with E-state index in [1.165, 1.54) is 13.8 Å². The SMILES string of the molecule is CCOC(=O)c1c(=O)c2cc(F)c(F)c(F)c2n2c(O)c(C)sc12. The van der Waals surface area contributed by atoms with Crippen molar-refractivity contribution in [3.05, 3.63) is 44.2 Å². The van der Waals surface area contributed by atoms with Crippen LogP contribution in [0.2, 0.25) is 0 Å². The van der Waals surface area contributed by atoms with Gasteiger partial charge in [-0.15, -0.1) is 11.3 Å². The number of carbonyl (C=O) groups is 1. The summed E-state index contributed by atoms with van der Waals surface area (Å²) in [5.74, 6) is -6.44. The molecule has 0 saturated carbocycles. The molecule has 0 fully saturated rings. The Kier molecular flexibility index (Phi) is 3.75. The van der Waals surface area contributed by atoms with Crippen molar-refractivity contribution in [1.29, 1.82) is 0 Å². The highest BCUT2D eigenvalue weighted by Crippen LogP contribution is 2.34. The normalized spacial score (nSPS) is 11.4. The van der Waals surface area contributed by atoms with Crippen LogP contribution in [-0.4, -0.2) is 22.1 Å². The number of hydrogen-bond donors (Lipinski definition) is 1. The third kappa shape index (κ3) is 2.08. The molecular formula is C15H10F3NO4S. The molecule has 0 unspecified atom stereocenters. The maximum absolute atomic E-state index is 14.2. The molecule has 0 atom stereocenters. The molecule has 0 aliphatic carbocycles. The summed E-state index contributed by atoms with van der Waals surface area (Å²) in [6.07, 6.45) is 0. The first-order valence-electron chi connectivity index (χ1n) is 6.81. The van der Waals surface area contributed by atoms with Crippen LogP contribution >= 0.6 is 11.3 Å². The van der Waals surface area contributed by atoms with Gasteiger partial charge in [-0.05, 0) is 19.9 Å². The molecule has 1 N–H and O–H groups in total. The van der Waals surface area contributed by atoms with Crippen LogP contribution < -0.4 is 5.43 Å². The number of ether oxygens (including phenoxy) is 1. The summed E-state index contributed by atoms with van der Waals surface area (Å²) in [5.41, 5.74) is -2.10. The Morgan fingerprint density at radius 1 is 1.33 bits per heavy atom. The number of aryl methyl sites for hydroxylation is 1. The van der Waals surface area contributed by atoms with Gasteiger partial charge in [0, 0.05) is 0 Å². The Hall–Kier alpha value is -2.55. The molecule has 0 spiro atoms. The Labute approximate surface area is 136 Å². The summed E-state index contributed by atoms with van der Waals surface area (Å²) in [4.78, 5) is 24.8. The van der Waals surface area contributed by atoms with E-state index in [9.17, 15) is 27.9 Å². The number of pyridine rings is 1. The Balaban J connectivity index is 2.65. The third-order valence-electron chi connectivity index (χ3n) is 3.50. The van der Waals surface area contributed by atoms with Gasteiger partial charge in [0.15, 0.2) is 17.5 Å². The summed E-state index contributed by atoms with van der Waals surface area (Å²) in [5, 5.41) is 9.57. The number of benzene rings is 1. The van der Waals surface area contributed by atoms with Gasteiger partial charge < -0.3 is 9.84 Å². The Morgan fingerprint density at radius 2 is 2.00 bits per heavy atom. The molecule has 2 aromatic heterocycles. The molecule has 3 rings (SSSR count). The van der Waals surface area contributed by atoms with Gasteiger partial charge in [0.2, 0.25) is 11.3 Å². The van der Waals surface area contributed by atoms with E-state index in [1.54, 1.807) is 0 Å². The van der Waals surface area contributed by atoms with E-state index < -0.39 is 51.2 Å². The molecule has 0 bridgehead atoms. The van der Waals surface area contributed by atoms with Gasteiger partial charge >= 0.3 is 5.97 Å². The molecule has 0 aliphatic heterocycles. The number of halogens is 3. The molecule has 2 heterocycles. The van der Waals surface area contributed by atoms with Gasteiger partial charge in [0.05, 0.1) is 16.9 Å². The standard InChI is InChI=1S/C15H10F3NO4S/c1-3-23-15(22)8-12(20)6-4-7(16)9(17)10(18)11(6)19-13(21)5(2)24-14(8)19/h4,21H,3H2,1-2H3. The van der Waals surface area contributed by atoms with E-state index in [-0.39, 0.29) is 16.3 Å². The Bertz CT molecular complexity index is 1070. The zero-order chi connectivity index (χ0) is 17.8. The number of fused-ring (bicyclic) bond motifs is 3. The smallest absolute Gasteiger partial charge is 0.345 e. The molecule has 0 saturated heterocycles. The maximum Gasteiger partial charge on any atom is 0.345 e. The zero-order valence-corrected chi connectivity index (χ0v) is 13.3. The molecule has 0 amide bonds. The average Bonchev–Trinajstić information content (AvgIpc) is 2.81. The lowest BCUT2D eigenvalue weighted by Gasteiger charge is -2.09. The highest BCUT2D eigenvalue weighted by molar-refractivity contribution is 7.18. The van der Waals surface area contributed by atoms with Crippen molar-refractivity contribution in [2.75, 3.05) is 6.61 Å². The fraction of sp³-hybridized carbons (Fsp3) is 0.200. The Morgan fingerprint density at radius 3 is 2.62 bits per heavy atom. The molecule has 0 aliphatic rings. The van der Waals surface area contributed by atoms with E-state index in [4.69, 9.17) is 4.74 Å². The molecule has 9 heteroatoms. The molecule has 126 valence electrons. The van der Waals surface area contributed by atoms with Gasteiger partial charge in [-0.3, -0.25) is 9.20 Å². The lowest BCUT2D eigenvalue weighted by atomic mass is 10.1. The monoisotopic (exact) mass is 357 g/mol. The van der Waals surface area contributed by atoms with E-state index in [0.29, 0.717) is 6.07 Å². The second-order valence-corrected chi connectivity index (χ2v) is 6.13. The van der Waals surface area contributed by atoms with Crippen molar-refractivity contribution in [2.45, 2.75) is 13.8 Å². The van der Waals surface area contributed by atoms with Gasteiger partial charge in [-0.1, -0.05) is 0 Å². The summed E-state index contributed by atoms with van der Waals surface area (Å²) >= 11 is 0.837. The predicted octanol–water partition coefficient (Wildman–Crippen LogP) is 3.12. The first kappa shape index (κ1) is 16.3. The highest BCUT2D eigenvalue weighted by Gasteiger charge is 2.27. The van der Waals surface area contributed by atoms with Crippen LogP contribution in [0.5, 0.6) is 5.88 Å². The van der Waals surface area contributed by atoms with Crippen LogP contribution in [0.15, 0.2) is 10.9 Å². The van der Waals surface area contributed by atoms with Crippen molar-refractivity contribution >= 4 is 33.0 Å². The van der Waals surface area contributed by atoms with E-state index in [1.807, 2.05) is 0 Å². The quantitative estimate of drug-likeness (QED) is 0.565. The van der Waals surface area contributed by atoms with Crippen molar-refractivity contribution in [3.8, 4) is 5.88 Å². The topological polar surface area (TPSA) is 68.0 Å². The number of rotatable bonds is 2. The third-order valence-corrected chi connectivity index (χ3v) is 4.57. The lowest BCUT2D eigenvalue weighted by molar-refractivity contribution is 0.0527. The van der Waals surface area contributed by atoms with Gasteiger partial charge in [-0.25, -0.2) is 18.0 Å². The summed E-state index contributed by atoms with van der Waals surface area (Å²) < 4.78 is 47.0. The van der Waals surface area contributed by atoms with Gasteiger partial charge in [0.25, 0.3) is 0 Å². The highest BCUT2D eigenvalue weighted by atomic mass is 32.1. The van der Waals surface area contributed by atoms with E-state index >= 15 is 0 Å². The number of hydrogen-bond acceptors (Lipinski definition) is 5. The minimum Gasteiger partial charge on any atom is -0.493 e. The second kappa shape index (κ2) is 5.52. The summed E-state index contributed by atoms with van der Waals surface area (Å²) in [6.45, 7) is 2.97. The van der Waals surface area contributed by atoms with Crippen molar-refractivity contribution < 1.29 is 27.8 Å². The van der Waals surface area contributed by atoms with Crippen LogP contribution in [0, 0.1) is 24.4 Å². The van der Waals surface area contributed by atoms with Gasteiger partial charge in [0.1, 0.15) is 15.9 Å². The number of carbonyl (C=O) groups excluding carboxylic acids is 1. The molecule has 3 aromatic rings. The van der Waals surface area contributed by atoms with Crippen molar-refractivity contribution in [3.63, 3.8) is 0 Å². The number of esters is 1. The van der Waals surface area contributed by atoms with Crippen LogP contribution in [0.4, 0.5) is 13.2 Å². The molecule has 5 nitrogen and oxygen atoms in total. The molecule has 24 heavy (non-hydrogen) atoms. The maximum atomic E-state index is 14.2. The summed E-state index contributed by atoms with van der Waals surface area (Å²) in [6, 6.07) is 0.498. The lowest BCUT2D eigenvalue weighted by Crippen LogP contribution is -2.20. The minimum absolute atomic E-state index is 0.0229. The van der Waals surface area contributed by atoms with Crippen molar-refractivity contribution in [1.82, 2.24) is 4.40 Å². The van der Waals surface area contributed by atoms with E-state index in [2.05, 4.69) is 0 Å². The van der Waals surface area contributed by atoms with Crippen LogP contribution in [0.1, 0.15) is 22.2 Å². The minimum atomic E-state index is -1.78.